The summed E-state index contributed by atoms with van der Waals surface area (Å²) in [4.78, 5) is 28.7. The van der Waals surface area contributed by atoms with E-state index in [1.54, 1.807) is 40.3 Å². The first-order chi connectivity index (χ1) is 13.6. The van der Waals surface area contributed by atoms with Gasteiger partial charge in [0.2, 0.25) is 17.7 Å². The minimum atomic E-state index is -0.396. The highest BCUT2D eigenvalue weighted by atomic mass is 19.1. The van der Waals surface area contributed by atoms with Crippen LogP contribution in [-0.4, -0.2) is 52.6 Å². The van der Waals surface area contributed by atoms with Crippen LogP contribution in [-0.2, 0) is 9.59 Å². The van der Waals surface area contributed by atoms with Gasteiger partial charge in [-0.25, -0.2) is 4.39 Å². The lowest BCUT2D eigenvalue weighted by Gasteiger charge is -2.34. The number of carbonyl (C=O) groups is 2. The lowest BCUT2D eigenvalue weighted by atomic mass is 10.0. The lowest BCUT2D eigenvalue weighted by Crippen LogP contribution is -2.47. The topological polar surface area (TPSA) is 75.6 Å². The van der Waals surface area contributed by atoms with Crippen molar-refractivity contribution in [2.75, 3.05) is 24.5 Å². The van der Waals surface area contributed by atoms with Crippen molar-refractivity contribution in [2.24, 2.45) is 5.92 Å². The van der Waals surface area contributed by atoms with Crippen LogP contribution in [0.1, 0.15) is 19.3 Å². The smallest absolute Gasteiger partial charge is 0.233 e. The molecule has 2 atom stereocenters. The van der Waals surface area contributed by atoms with E-state index in [1.807, 2.05) is 0 Å². The number of likely N-dealkylation sites (tertiary alicyclic amines) is 1. The molecule has 0 radical (unpaired) electrons. The number of carbonyl (C=O) groups excluding carboxylic acids is 2. The van der Waals surface area contributed by atoms with Crippen LogP contribution in [0.25, 0.3) is 0 Å². The van der Waals surface area contributed by atoms with E-state index in [-0.39, 0.29) is 30.2 Å². The van der Waals surface area contributed by atoms with Gasteiger partial charge < -0.3 is 14.5 Å². The van der Waals surface area contributed by atoms with E-state index in [0.717, 1.165) is 12.8 Å². The number of aromatic nitrogens is 2. The second-order valence-electron chi connectivity index (χ2n) is 7.11. The van der Waals surface area contributed by atoms with Crippen LogP contribution in [0.2, 0.25) is 0 Å². The molecule has 1 aromatic heterocycles. The molecule has 146 valence electrons. The van der Waals surface area contributed by atoms with Crippen molar-refractivity contribution in [2.45, 2.75) is 25.4 Å². The fourth-order valence-corrected chi connectivity index (χ4v) is 3.76. The van der Waals surface area contributed by atoms with Crippen molar-refractivity contribution in [1.29, 1.82) is 0 Å². The maximum absolute atomic E-state index is 13.1. The fraction of sp³-hybridized carbons (Fsp3) is 0.400. The van der Waals surface area contributed by atoms with Gasteiger partial charge in [0, 0.05) is 37.5 Å². The van der Waals surface area contributed by atoms with Crippen molar-refractivity contribution in [3.63, 3.8) is 0 Å². The normalized spacial score (nSPS) is 22.4. The maximum Gasteiger partial charge on any atom is 0.233 e. The van der Waals surface area contributed by atoms with Gasteiger partial charge in [0.1, 0.15) is 11.9 Å². The fourth-order valence-electron chi connectivity index (χ4n) is 3.76. The van der Waals surface area contributed by atoms with E-state index in [2.05, 4.69) is 10.2 Å². The standard InChI is InChI=1S/C20H21FN4O3/c21-15-5-7-16(8-6-15)25-12-14(11-19(25)26)20(27)24-10-2-3-17(13-24)28-18-4-1-9-22-23-18/h1,4-9,14,17H,2-3,10-13H2. The summed E-state index contributed by atoms with van der Waals surface area (Å²) in [5.41, 5.74) is 0.615. The van der Waals surface area contributed by atoms with E-state index in [4.69, 9.17) is 4.74 Å². The molecular weight excluding hydrogens is 363 g/mol. The number of anilines is 1. The average Bonchev–Trinajstić information content (AvgIpc) is 3.10. The molecule has 4 rings (SSSR count). The van der Waals surface area contributed by atoms with Crippen LogP contribution in [0.15, 0.2) is 42.6 Å². The number of benzene rings is 1. The van der Waals surface area contributed by atoms with E-state index >= 15 is 0 Å². The van der Waals surface area contributed by atoms with Crippen molar-refractivity contribution in [3.8, 4) is 5.88 Å². The van der Waals surface area contributed by atoms with Crippen molar-refractivity contribution in [3.05, 3.63) is 48.4 Å². The Hall–Kier alpha value is -3.03. The molecule has 0 N–H and O–H groups in total. The van der Waals surface area contributed by atoms with Gasteiger partial charge in [-0.1, -0.05) is 0 Å². The molecule has 7 nitrogen and oxygen atoms in total. The first-order valence-corrected chi connectivity index (χ1v) is 9.39. The van der Waals surface area contributed by atoms with Gasteiger partial charge in [-0.3, -0.25) is 9.59 Å². The molecular formula is C20H21FN4O3. The Balaban J connectivity index is 1.38. The zero-order chi connectivity index (χ0) is 19.5. The van der Waals surface area contributed by atoms with Crippen LogP contribution in [0.3, 0.4) is 0 Å². The molecule has 2 aliphatic heterocycles. The highest BCUT2D eigenvalue weighted by molar-refractivity contribution is 6.00. The number of ether oxygens (including phenoxy) is 1. The van der Waals surface area contributed by atoms with E-state index in [9.17, 15) is 14.0 Å². The molecule has 2 amide bonds. The first-order valence-electron chi connectivity index (χ1n) is 9.39. The summed E-state index contributed by atoms with van der Waals surface area (Å²) in [5.74, 6) is -0.460. The molecule has 1 aromatic carbocycles. The Bertz CT molecular complexity index is 846. The van der Waals surface area contributed by atoms with Crippen molar-refractivity contribution in [1.82, 2.24) is 15.1 Å². The summed E-state index contributed by atoms with van der Waals surface area (Å²) < 4.78 is 19.0. The van der Waals surface area contributed by atoms with E-state index < -0.39 is 5.92 Å². The number of hydrogen-bond acceptors (Lipinski definition) is 5. The zero-order valence-corrected chi connectivity index (χ0v) is 15.3. The summed E-state index contributed by atoms with van der Waals surface area (Å²) in [6, 6.07) is 9.25. The summed E-state index contributed by atoms with van der Waals surface area (Å²) in [5, 5.41) is 7.72. The van der Waals surface area contributed by atoms with Gasteiger partial charge in [0.05, 0.1) is 12.5 Å². The van der Waals surface area contributed by atoms with Crippen LogP contribution in [0, 0.1) is 11.7 Å². The third-order valence-electron chi connectivity index (χ3n) is 5.14. The number of halogens is 1. The molecule has 2 fully saturated rings. The molecule has 0 aliphatic carbocycles. The summed E-state index contributed by atoms with van der Waals surface area (Å²) in [6.07, 6.45) is 3.28. The highest BCUT2D eigenvalue weighted by Gasteiger charge is 2.38. The number of nitrogens with zero attached hydrogens (tertiary/aromatic N) is 4. The monoisotopic (exact) mass is 384 g/mol. The quantitative estimate of drug-likeness (QED) is 0.806. The predicted molar refractivity (Wildman–Crippen MR) is 99.1 cm³/mol. The average molecular weight is 384 g/mol. The molecule has 2 aromatic rings. The molecule has 0 bridgehead atoms. The summed E-state index contributed by atoms with van der Waals surface area (Å²) in [7, 11) is 0. The van der Waals surface area contributed by atoms with Gasteiger partial charge >= 0.3 is 0 Å². The number of piperidine rings is 1. The Morgan fingerprint density at radius 1 is 1.18 bits per heavy atom. The summed E-state index contributed by atoms with van der Waals surface area (Å²) >= 11 is 0. The molecule has 2 aliphatic rings. The number of rotatable bonds is 4. The second kappa shape index (κ2) is 7.92. The van der Waals surface area contributed by atoms with Gasteiger partial charge in [-0.15, -0.1) is 5.10 Å². The van der Waals surface area contributed by atoms with E-state index in [0.29, 0.717) is 31.2 Å². The van der Waals surface area contributed by atoms with Crippen molar-refractivity contribution < 1.29 is 18.7 Å². The van der Waals surface area contributed by atoms with Gasteiger partial charge in [0.25, 0.3) is 0 Å². The van der Waals surface area contributed by atoms with Gasteiger partial charge in [0.15, 0.2) is 0 Å². The Morgan fingerprint density at radius 3 is 2.75 bits per heavy atom. The molecule has 28 heavy (non-hydrogen) atoms. The van der Waals surface area contributed by atoms with Crippen LogP contribution < -0.4 is 9.64 Å². The third kappa shape index (κ3) is 3.95. The molecule has 2 unspecified atom stereocenters. The molecule has 0 saturated carbocycles. The maximum atomic E-state index is 13.1. The predicted octanol–water partition coefficient (Wildman–Crippen LogP) is 2.04. The SMILES string of the molecule is O=C(C1CC(=O)N(c2ccc(F)cc2)C1)N1CCCC(Oc2cccnn2)C1. The van der Waals surface area contributed by atoms with Crippen LogP contribution in [0.5, 0.6) is 5.88 Å². The minimum absolute atomic E-state index is 0.0367. The van der Waals surface area contributed by atoms with E-state index in [1.165, 1.54) is 12.1 Å². The highest BCUT2D eigenvalue weighted by Crippen LogP contribution is 2.27. The van der Waals surface area contributed by atoms with Gasteiger partial charge in [-0.05, 0) is 43.2 Å². The van der Waals surface area contributed by atoms with Crippen LogP contribution >= 0.6 is 0 Å². The van der Waals surface area contributed by atoms with Crippen molar-refractivity contribution >= 4 is 17.5 Å². The minimum Gasteiger partial charge on any atom is -0.471 e. The summed E-state index contributed by atoms with van der Waals surface area (Å²) in [6.45, 7) is 1.44. The lowest BCUT2D eigenvalue weighted by molar-refractivity contribution is -0.138. The molecule has 2 saturated heterocycles. The van der Waals surface area contributed by atoms with Gasteiger partial charge in [-0.2, -0.15) is 5.10 Å². The first kappa shape index (κ1) is 18.3. The largest absolute Gasteiger partial charge is 0.471 e. The van der Waals surface area contributed by atoms with Crippen LogP contribution in [0.4, 0.5) is 10.1 Å². The number of hydrogen-bond donors (Lipinski definition) is 0. The Labute approximate surface area is 162 Å². The number of amides is 2. The molecule has 8 heteroatoms. The zero-order valence-electron chi connectivity index (χ0n) is 15.3. The third-order valence-corrected chi connectivity index (χ3v) is 5.14. The Morgan fingerprint density at radius 2 is 2.00 bits per heavy atom. The molecule has 3 heterocycles. The second-order valence-corrected chi connectivity index (χ2v) is 7.11. The molecule has 0 spiro atoms. The Kier molecular flexibility index (Phi) is 5.18.